The van der Waals surface area contributed by atoms with Crippen molar-refractivity contribution < 1.29 is 14.3 Å². The van der Waals surface area contributed by atoms with Gasteiger partial charge in [-0.15, -0.1) is 11.3 Å². The van der Waals surface area contributed by atoms with Crippen LogP contribution in [-0.2, 0) is 9.47 Å². The van der Waals surface area contributed by atoms with E-state index in [0.717, 1.165) is 34.6 Å². The molecule has 0 saturated carbocycles. The largest absolute Gasteiger partial charge is 0.462 e. The number of thiophene rings is 1. The van der Waals surface area contributed by atoms with Crippen molar-refractivity contribution in [1.82, 2.24) is 9.97 Å². The molecule has 0 aromatic carbocycles. The Morgan fingerprint density at radius 2 is 2.04 bits per heavy atom. The Balaban J connectivity index is 2.46. The van der Waals surface area contributed by atoms with Gasteiger partial charge in [0.25, 0.3) is 0 Å². The maximum Gasteiger partial charge on any atom is 0.348 e. The molecule has 0 atom stereocenters. The molecule has 2 rings (SSSR count). The lowest BCUT2D eigenvalue weighted by molar-refractivity contribution is 0.0531. The molecule has 0 unspecified atom stereocenters. The molecule has 0 aliphatic carbocycles. The van der Waals surface area contributed by atoms with E-state index in [9.17, 15) is 4.79 Å². The first-order valence-corrected chi connectivity index (χ1v) is 8.46. The average molecular weight is 337 g/mol. The van der Waals surface area contributed by atoms with Crippen molar-refractivity contribution in [2.75, 3.05) is 38.8 Å². The Bertz CT molecular complexity index is 699. The first-order valence-electron chi connectivity index (χ1n) is 7.64. The van der Waals surface area contributed by atoms with E-state index in [2.05, 4.69) is 14.9 Å². The standard InChI is InChI=1S/C16H23N3O3S/c1-6-22-16(20)13-10(2)12-14(19(4)8-7-9-21-5)17-11(3)18-15(12)23-13/h6-9H2,1-5H3. The Morgan fingerprint density at radius 3 is 2.70 bits per heavy atom. The van der Waals surface area contributed by atoms with Gasteiger partial charge in [-0.1, -0.05) is 0 Å². The molecular weight excluding hydrogens is 314 g/mol. The number of esters is 1. The second-order valence-electron chi connectivity index (χ2n) is 5.32. The Kier molecular flexibility index (Phi) is 5.90. The second kappa shape index (κ2) is 7.70. The van der Waals surface area contributed by atoms with Gasteiger partial charge in [0.05, 0.1) is 12.0 Å². The van der Waals surface area contributed by atoms with E-state index >= 15 is 0 Å². The van der Waals surface area contributed by atoms with Gasteiger partial charge in [0.1, 0.15) is 21.3 Å². The Labute approximate surface area is 140 Å². The highest BCUT2D eigenvalue weighted by molar-refractivity contribution is 7.20. The Hall–Kier alpha value is -1.73. The van der Waals surface area contributed by atoms with Crippen LogP contribution in [0.2, 0.25) is 0 Å². The van der Waals surface area contributed by atoms with E-state index in [0.29, 0.717) is 23.9 Å². The molecule has 2 aromatic heterocycles. The first-order chi connectivity index (χ1) is 11.0. The van der Waals surface area contributed by atoms with Gasteiger partial charge in [-0.2, -0.15) is 0 Å². The van der Waals surface area contributed by atoms with Gasteiger partial charge >= 0.3 is 5.97 Å². The van der Waals surface area contributed by atoms with Crippen LogP contribution in [0.4, 0.5) is 5.82 Å². The number of anilines is 1. The van der Waals surface area contributed by atoms with E-state index in [-0.39, 0.29) is 5.97 Å². The maximum atomic E-state index is 12.1. The zero-order valence-corrected chi connectivity index (χ0v) is 15.1. The third-order valence-corrected chi connectivity index (χ3v) is 4.71. The fraction of sp³-hybridized carbons (Fsp3) is 0.562. The number of aromatic nitrogens is 2. The summed E-state index contributed by atoms with van der Waals surface area (Å²) in [5, 5.41) is 0.934. The van der Waals surface area contributed by atoms with Gasteiger partial charge in [0.2, 0.25) is 0 Å². The molecule has 7 heteroatoms. The van der Waals surface area contributed by atoms with E-state index in [1.165, 1.54) is 11.3 Å². The van der Waals surface area contributed by atoms with Crippen LogP contribution in [0.1, 0.15) is 34.4 Å². The van der Waals surface area contributed by atoms with Crippen molar-refractivity contribution in [3.8, 4) is 0 Å². The van der Waals surface area contributed by atoms with Crippen LogP contribution in [0.5, 0.6) is 0 Å². The number of rotatable bonds is 7. The number of ether oxygens (including phenoxy) is 2. The van der Waals surface area contributed by atoms with Crippen LogP contribution in [0.15, 0.2) is 0 Å². The van der Waals surface area contributed by atoms with E-state index in [4.69, 9.17) is 9.47 Å². The number of methoxy groups -OCH3 is 1. The summed E-state index contributed by atoms with van der Waals surface area (Å²) in [6.45, 7) is 7.49. The summed E-state index contributed by atoms with van der Waals surface area (Å²) in [5.74, 6) is 1.26. The Morgan fingerprint density at radius 1 is 1.30 bits per heavy atom. The van der Waals surface area contributed by atoms with Crippen LogP contribution in [0.3, 0.4) is 0 Å². The number of carbonyl (C=O) groups excluding carboxylic acids is 1. The molecule has 0 radical (unpaired) electrons. The summed E-state index contributed by atoms with van der Waals surface area (Å²) in [6, 6.07) is 0. The van der Waals surface area contributed by atoms with Gasteiger partial charge in [0, 0.05) is 27.3 Å². The second-order valence-corrected chi connectivity index (χ2v) is 6.32. The van der Waals surface area contributed by atoms with Crippen LogP contribution < -0.4 is 4.90 Å². The summed E-state index contributed by atoms with van der Waals surface area (Å²) in [7, 11) is 3.69. The molecule has 0 aliphatic rings. The van der Waals surface area contributed by atoms with E-state index in [1.54, 1.807) is 14.0 Å². The third-order valence-electron chi connectivity index (χ3n) is 3.55. The highest BCUT2D eigenvalue weighted by atomic mass is 32.1. The quantitative estimate of drug-likeness (QED) is 0.572. The van der Waals surface area contributed by atoms with E-state index in [1.807, 2.05) is 20.9 Å². The van der Waals surface area contributed by atoms with E-state index < -0.39 is 0 Å². The summed E-state index contributed by atoms with van der Waals surface area (Å²) in [6.07, 6.45) is 0.908. The summed E-state index contributed by atoms with van der Waals surface area (Å²) < 4.78 is 10.2. The zero-order valence-electron chi connectivity index (χ0n) is 14.3. The molecule has 23 heavy (non-hydrogen) atoms. The highest BCUT2D eigenvalue weighted by Gasteiger charge is 2.22. The van der Waals surface area contributed by atoms with Crippen molar-refractivity contribution in [2.45, 2.75) is 27.2 Å². The number of nitrogens with zero attached hydrogens (tertiary/aromatic N) is 3. The smallest absolute Gasteiger partial charge is 0.348 e. The number of fused-ring (bicyclic) bond motifs is 1. The van der Waals surface area contributed by atoms with Gasteiger partial charge < -0.3 is 14.4 Å². The number of hydrogen-bond donors (Lipinski definition) is 0. The molecular formula is C16H23N3O3S. The number of carbonyl (C=O) groups is 1. The predicted octanol–water partition coefficient (Wildman–Crippen LogP) is 2.96. The molecule has 0 N–H and O–H groups in total. The minimum absolute atomic E-state index is 0.293. The molecule has 0 spiro atoms. The van der Waals surface area contributed by atoms with Crippen LogP contribution in [-0.4, -0.2) is 49.9 Å². The topological polar surface area (TPSA) is 64.5 Å². The van der Waals surface area contributed by atoms with Crippen molar-refractivity contribution in [3.05, 3.63) is 16.3 Å². The molecule has 0 aliphatic heterocycles. The third kappa shape index (κ3) is 3.79. The molecule has 0 amide bonds. The average Bonchev–Trinajstić information content (AvgIpc) is 2.83. The fourth-order valence-corrected chi connectivity index (χ4v) is 3.56. The molecule has 0 fully saturated rings. The van der Waals surface area contributed by atoms with Gasteiger partial charge in [-0.3, -0.25) is 0 Å². The first kappa shape index (κ1) is 17.6. The number of aryl methyl sites for hydroxylation is 2. The minimum atomic E-state index is -0.293. The molecule has 2 aromatic rings. The van der Waals surface area contributed by atoms with Gasteiger partial charge in [-0.25, -0.2) is 14.8 Å². The fourth-order valence-electron chi connectivity index (χ4n) is 2.44. The summed E-state index contributed by atoms with van der Waals surface area (Å²) in [5.41, 5.74) is 0.886. The normalized spacial score (nSPS) is 11.0. The summed E-state index contributed by atoms with van der Waals surface area (Å²) in [4.78, 5) is 24.7. The SMILES string of the molecule is CCOC(=O)c1sc2nc(C)nc(N(C)CCCOC)c2c1C. The lowest BCUT2D eigenvalue weighted by atomic mass is 10.2. The van der Waals surface area contributed by atoms with Gasteiger partial charge in [0.15, 0.2) is 0 Å². The monoisotopic (exact) mass is 337 g/mol. The van der Waals surface area contributed by atoms with Crippen LogP contribution >= 0.6 is 11.3 Å². The minimum Gasteiger partial charge on any atom is -0.462 e. The van der Waals surface area contributed by atoms with Crippen molar-refractivity contribution in [2.24, 2.45) is 0 Å². The lowest BCUT2D eigenvalue weighted by Gasteiger charge is -2.19. The molecule has 126 valence electrons. The van der Waals surface area contributed by atoms with Crippen molar-refractivity contribution in [3.63, 3.8) is 0 Å². The lowest BCUT2D eigenvalue weighted by Crippen LogP contribution is -2.21. The molecule has 0 bridgehead atoms. The highest BCUT2D eigenvalue weighted by Crippen LogP contribution is 2.35. The van der Waals surface area contributed by atoms with Crippen molar-refractivity contribution in [1.29, 1.82) is 0 Å². The van der Waals surface area contributed by atoms with Crippen LogP contribution in [0, 0.1) is 13.8 Å². The van der Waals surface area contributed by atoms with Crippen molar-refractivity contribution >= 4 is 33.3 Å². The maximum absolute atomic E-state index is 12.1. The molecule has 2 heterocycles. The molecule has 6 nitrogen and oxygen atoms in total. The predicted molar refractivity (Wildman–Crippen MR) is 92.6 cm³/mol. The van der Waals surface area contributed by atoms with Crippen LogP contribution in [0.25, 0.3) is 10.2 Å². The molecule has 0 saturated heterocycles. The van der Waals surface area contributed by atoms with Gasteiger partial charge in [-0.05, 0) is 32.8 Å². The number of hydrogen-bond acceptors (Lipinski definition) is 7. The summed E-state index contributed by atoms with van der Waals surface area (Å²) >= 11 is 1.37. The zero-order chi connectivity index (χ0) is 17.0.